The van der Waals surface area contributed by atoms with Crippen molar-refractivity contribution in [2.45, 2.75) is 39.3 Å². The maximum Gasteiger partial charge on any atom is 0.192 e. The normalized spacial score (nSPS) is 14.9. The molecule has 0 spiro atoms. The number of benzene rings is 2. The summed E-state index contributed by atoms with van der Waals surface area (Å²) < 4.78 is 5.22. The Morgan fingerprint density at radius 3 is 2.52 bits per heavy atom. The number of hydrogen-bond acceptors (Lipinski definition) is 3. The lowest BCUT2D eigenvalue weighted by molar-refractivity contribution is 0.414. The monoisotopic (exact) mass is 508 g/mol. The van der Waals surface area contributed by atoms with Gasteiger partial charge in [0.25, 0.3) is 0 Å². The van der Waals surface area contributed by atoms with Gasteiger partial charge in [0.15, 0.2) is 5.96 Å². The average molecular weight is 508 g/mol. The van der Waals surface area contributed by atoms with E-state index in [-0.39, 0.29) is 30.0 Å². The molecule has 1 heterocycles. The molecule has 2 N–H and O–H groups in total. The van der Waals surface area contributed by atoms with Crippen LogP contribution in [-0.2, 0) is 6.54 Å². The average Bonchev–Trinajstić information content (AvgIpc) is 3.27. The first-order chi connectivity index (χ1) is 13.7. The van der Waals surface area contributed by atoms with E-state index in [0.29, 0.717) is 6.54 Å². The molecule has 0 amide bonds. The van der Waals surface area contributed by atoms with E-state index in [0.717, 1.165) is 36.9 Å². The Hall–Kier alpha value is -1.96. The number of aliphatic imine (C=N–C) groups is 1. The SMILES string of the molecule is CCNC(=NCc1ccc(OC)cc1)NC(C)c1cccc(N2CCCC2)c1.I. The van der Waals surface area contributed by atoms with Crippen LogP contribution in [0.15, 0.2) is 53.5 Å². The van der Waals surface area contributed by atoms with Gasteiger partial charge in [0.2, 0.25) is 0 Å². The Morgan fingerprint density at radius 1 is 1.14 bits per heavy atom. The molecule has 1 saturated heterocycles. The Bertz CT molecular complexity index is 773. The second kappa shape index (κ2) is 11.9. The summed E-state index contributed by atoms with van der Waals surface area (Å²) in [4.78, 5) is 7.22. The summed E-state index contributed by atoms with van der Waals surface area (Å²) in [5, 5.41) is 6.89. The Morgan fingerprint density at radius 2 is 1.86 bits per heavy atom. The van der Waals surface area contributed by atoms with Crippen LogP contribution in [0.25, 0.3) is 0 Å². The molecule has 0 saturated carbocycles. The molecule has 0 bridgehead atoms. The fourth-order valence-corrected chi connectivity index (χ4v) is 3.48. The molecular weight excluding hydrogens is 475 g/mol. The minimum Gasteiger partial charge on any atom is -0.497 e. The highest BCUT2D eigenvalue weighted by atomic mass is 127. The molecule has 6 heteroatoms. The first-order valence-electron chi connectivity index (χ1n) is 10.2. The highest BCUT2D eigenvalue weighted by molar-refractivity contribution is 14.0. The van der Waals surface area contributed by atoms with E-state index in [9.17, 15) is 0 Å². The number of methoxy groups -OCH3 is 1. The zero-order valence-corrected chi connectivity index (χ0v) is 20.0. The van der Waals surface area contributed by atoms with Crippen molar-refractivity contribution in [3.8, 4) is 5.75 Å². The van der Waals surface area contributed by atoms with Crippen LogP contribution in [0.1, 0.15) is 43.9 Å². The van der Waals surface area contributed by atoms with Gasteiger partial charge < -0.3 is 20.3 Å². The Kier molecular flexibility index (Phi) is 9.57. The van der Waals surface area contributed by atoms with Crippen LogP contribution >= 0.6 is 24.0 Å². The quantitative estimate of drug-likeness (QED) is 0.323. The molecule has 2 aromatic carbocycles. The van der Waals surface area contributed by atoms with Crippen LogP contribution in [0.5, 0.6) is 5.75 Å². The molecule has 2 aromatic rings. The smallest absolute Gasteiger partial charge is 0.192 e. The molecule has 1 atom stereocenters. The minimum absolute atomic E-state index is 0. The van der Waals surface area contributed by atoms with Gasteiger partial charge in [-0.3, -0.25) is 0 Å². The van der Waals surface area contributed by atoms with E-state index in [1.165, 1.54) is 24.1 Å². The van der Waals surface area contributed by atoms with Crippen molar-refractivity contribution in [3.05, 3.63) is 59.7 Å². The van der Waals surface area contributed by atoms with Crippen LogP contribution in [0, 0.1) is 0 Å². The van der Waals surface area contributed by atoms with E-state index < -0.39 is 0 Å². The Labute approximate surface area is 192 Å². The topological polar surface area (TPSA) is 48.9 Å². The summed E-state index contributed by atoms with van der Waals surface area (Å²) in [6, 6.07) is 17.1. The lowest BCUT2D eigenvalue weighted by Gasteiger charge is -2.22. The molecule has 1 aliphatic heterocycles. The van der Waals surface area contributed by atoms with Gasteiger partial charge in [-0.1, -0.05) is 24.3 Å². The van der Waals surface area contributed by atoms with Crippen LogP contribution in [0.3, 0.4) is 0 Å². The number of ether oxygens (including phenoxy) is 1. The van der Waals surface area contributed by atoms with E-state index in [1.54, 1.807) is 7.11 Å². The summed E-state index contributed by atoms with van der Waals surface area (Å²) >= 11 is 0. The third-order valence-corrected chi connectivity index (χ3v) is 5.12. The summed E-state index contributed by atoms with van der Waals surface area (Å²) in [6.45, 7) is 8.05. The lowest BCUT2D eigenvalue weighted by Crippen LogP contribution is -2.38. The van der Waals surface area contributed by atoms with Gasteiger partial charge in [-0.2, -0.15) is 0 Å². The standard InChI is InChI=1S/C23H32N4O.HI/c1-4-24-23(25-17-19-10-12-22(28-3)13-11-19)26-18(2)20-8-7-9-21(16-20)27-14-5-6-15-27;/h7-13,16,18H,4-6,14-15,17H2,1-3H3,(H2,24,25,26);1H. The van der Waals surface area contributed by atoms with Crippen LogP contribution in [0.2, 0.25) is 0 Å². The molecule has 29 heavy (non-hydrogen) atoms. The van der Waals surface area contributed by atoms with E-state index in [1.807, 2.05) is 12.1 Å². The van der Waals surface area contributed by atoms with E-state index in [4.69, 9.17) is 9.73 Å². The fourth-order valence-electron chi connectivity index (χ4n) is 3.48. The Balaban J connectivity index is 0.00000300. The highest BCUT2D eigenvalue weighted by Crippen LogP contribution is 2.24. The highest BCUT2D eigenvalue weighted by Gasteiger charge is 2.14. The number of guanidine groups is 1. The molecule has 1 fully saturated rings. The predicted octanol–water partition coefficient (Wildman–Crippen LogP) is 4.73. The van der Waals surface area contributed by atoms with Crippen molar-refractivity contribution in [1.29, 1.82) is 0 Å². The molecule has 158 valence electrons. The number of nitrogens with one attached hydrogen (secondary N) is 2. The fraction of sp³-hybridized carbons (Fsp3) is 0.435. The van der Waals surface area contributed by atoms with E-state index >= 15 is 0 Å². The number of nitrogens with zero attached hydrogens (tertiary/aromatic N) is 2. The first kappa shape index (κ1) is 23.3. The minimum atomic E-state index is 0. The maximum absolute atomic E-state index is 5.22. The summed E-state index contributed by atoms with van der Waals surface area (Å²) in [5.41, 5.74) is 3.75. The zero-order chi connectivity index (χ0) is 19.8. The summed E-state index contributed by atoms with van der Waals surface area (Å²) in [6.07, 6.45) is 2.58. The molecule has 1 aliphatic rings. The van der Waals surface area contributed by atoms with Crippen LogP contribution in [0.4, 0.5) is 5.69 Å². The van der Waals surface area contributed by atoms with Gasteiger partial charge in [-0.15, -0.1) is 24.0 Å². The lowest BCUT2D eigenvalue weighted by atomic mass is 10.1. The van der Waals surface area contributed by atoms with E-state index in [2.05, 4.69) is 65.8 Å². The first-order valence-corrected chi connectivity index (χ1v) is 10.2. The summed E-state index contributed by atoms with van der Waals surface area (Å²) in [7, 11) is 1.68. The molecule has 0 aromatic heterocycles. The number of anilines is 1. The predicted molar refractivity (Wildman–Crippen MR) is 133 cm³/mol. The number of hydrogen-bond donors (Lipinski definition) is 2. The zero-order valence-electron chi connectivity index (χ0n) is 17.6. The van der Waals surface area contributed by atoms with Crippen LogP contribution in [-0.4, -0.2) is 32.7 Å². The molecule has 0 aliphatic carbocycles. The van der Waals surface area contributed by atoms with Gasteiger partial charge in [0, 0.05) is 25.3 Å². The van der Waals surface area contributed by atoms with Crippen molar-refractivity contribution < 1.29 is 4.74 Å². The maximum atomic E-state index is 5.22. The van der Waals surface area contributed by atoms with Gasteiger partial charge >= 0.3 is 0 Å². The van der Waals surface area contributed by atoms with Gasteiger partial charge in [0.05, 0.1) is 19.7 Å². The second-order valence-corrected chi connectivity index (χ2v) is 7.20. The van der Waals surface area contributed by atoms with Crippen LogP contribution < -0.4 is 20.3 Å². The van der Waals surface area contributed by atoms with Crippen molar-refractivity contribution in [3.63, 3.8) is 0 Å². The van der Waals surface area contributed by atoms with Gasteiger partial charge in [-0.25, -0.2) is 4.99 Å². The van der Waals surface area contributed by atoms with Crippen molar-refractivity contribution in [1.82, 2.24) is 10.6 Å². The van der Waals surface area contributed by atoms with Crippen molar-refractivity contribution in [2.75, 3.05) is 31.6 Å². The number of rotatable bonds is 7. The summed E-state index contributed by atoms with van der Waals surface area (Å²) in [5.74, 6) is 1.70. The number of halogens is 1. The van der Waals surface area contributed by atoms with Crippen molar-refractivity contribution >= 4 is 35.6 Å². The second-order valence-electron chi connectivity index (χ2n) is 7.20. The van der Waals surface area contributed by atoms with Gasteiger partial charge in [0.1, 0.15) is 5.75 Å². The molecular formula is C23H33IN4O. The van der Waals surface area contributed by atoms with Crippen molar-refractivity contribution in [2.24, 2.45) is 4.99 Å². The molecule has 0 radical (unpaired) electrons. The largest absolute Gasteiger partial charge is 0.497 e. The molecule has 1 unspecified atom stereocenters. The third-order valence-electron chi connectivity index (χ3n) is 5.12. The third kappa shape index (κ3) is 6.80. The molecule has 5 nitrogen and oxygen atoms in total. The molecule has 3 rings (SSSR count). The van der Waals surface area contributed by atoms with Gasteiger partial charge in [-0.05, 0) is 62.1 Å².